The molecule has 28 heavy (non-hydrogen) atoms. The minimum Gasteiger partial charge on any atom is -0.376 e. The zero-order chi connectivity index (χ0) is 21.5. The number of rotatable bonds is 5. The second-order valence-corrected chi connectivity index (χ2v) is 9.21. The third-order valence-electron chi connectivity index (χ3n) is 4.14. The Labute approximate surface area is 171 Å². The molecule has 0 heterocycles. The van der Waals surface area contributed by atoms with E-state index < -0.39 is 33.4 Å². The number of alkyl halides is 3. The first-order valence-electron chi connectivity index (χ1n) is 8.08. The summed E-state index contributed by atoms with van der Waals surface area (Å²) in [7, 11) is -4.12. The highest BCUT2D eigenvalue weighted by atomic mass is 35.5. The topological polar surface area (TPSA) is 57.6 Å². The number of anilines is 1. The molecule has 4 nitrogen and oxygen atoms in total. The van der Waals surface area contributed by atoms with Gasteiger partial charge in [-0.25, -0.2) is 8.42 Å². The van der Waals surface area contributed by atoms with E-state index in [2.05, 4.69) is 0 Å². The van der Waals surface area contributed by atoms with Gasteiger partial charge in [0.1, 0.15) is 4.90 Å². The summed E-state index contributed by atoms with van der Waals surface area (Å²) in [5.74, 6) is 0. The lowest BCUT2D eigenvalue weighted by Gasteiger charge is -2.30. The van der Waals surface area contributed by atoms with Crippen LogP contribution in [0.4, 0.5) is 18.9 Å². The number of hydrogen-bond donors (Lipinski definition) is 1. The fourth-order valence-corrected chi connectivity index (χ4v) is 5.01. The van der Waals surface area contributed by atoms with E-state index in [9.17, 15) is 26.7 Å². The quantitative estimate of drug-likeness (QED) is 0.659. The summed E-state index contributed by atoms with van der Waals surface area (Å²) in [5.41, 5.74) is -3.34. The number of nitrogens with zero attached hydrogens (tertiary/aromatic N) is 1. The number of aliphatic hydroxyl groups is 1. The maximum absolute atomic E-state index is 13.1. The molecule has 0 aliphatic heterocycles. The van der Waals surface area contributed by atoms with Crippen LogP contribution < -0.4 is 4.31 Å². The molecule has 10 heteroatoms. The normalized spacial score (nSPS) is 14.8. The summed E-state index contributed by atoms with van der Waals surface area (Å²) in [5, 5.41) is 9.96. The minimum absolute atomic E-state index is 0.0743. The summed E-state index contributed by atoms with van der Waals surface area (Å²) >= 11 is 11.9. The maximum atomic E-state index is 13.1. The molecule has 0 aliphatic rings. The zero-order valence-electron chi connectivity index (χ0n) is 15.1. The van der Waals surface area contributed by atoms with Crippen LogP contribution in [-0.2, 0) is 15.6 Å². The zero-order valence-corrected chi connectivity index (χ0v) is 17.5. The molecule has 1 atom stereocenters. The molecule has 0 aliphatic carbocycles. The van der Waals surface area contributed by atoms with E-state index in [4.69, 9.17) is 23.2 Å². The molecule has 0 saturated heterocycles. The van der Waals surface area contributed by atoms with E-state index in [1.54, 1.807) is 13.8 Å². The van der Waals surface area contributed by atoms with Gasteiger partial charge in [-0.3, -0.25) is 4.31 Å². The first-order valence-corrected chi connectivity index (χ1v) is 10.3. The third kappa shape index (κ3) is 4.25. The van der Waals surface area contributed by atoms with E-state index >= 15 is 0 Å². The molecule has 0 spiro atoms. The molecule has 0 radical (unpaired) electrons. The molecule has 2 aromatic rings. The van der Waals surface area contributed by atoms with Crippen LogP contribution in [0, 0.1) is 0 Å². The lowest BCUT2D eigenvalue weighted by molar-refractivity contribution is -0.258. The van der Waals surface area contributed by atoms with Gasteiger partial charge in [0, 0.05) is 11.1 Å². The van der Waals surface area contributed by atoms with Crippen LogP contribution in [0.2, 0.25) is 10.0 Å². The molecule has 154 valence electrons. The molecular formula is C18H18Cl2F3NO3S. The van der Waals surface area contributed by atoms with Crippen molar-refractivity contribution < 1.29 is 26.7 Å². The SMILES string of the molecule is CC(C)N(c1ccc(C(C)(O)C(F)(F)F)cc1)S(=O)(=O)c1ccc(Cl)cc1Cl. The Morgan fingerprint density at radius 1 is 1.04 bits per heavy atom. The highest BCUT2D eigenvalue weighted by Crippen LogP contribution is 2.39. The Bertz CT molecular complexity index is 959. The summed E-state index contributed by atoms with van der Waals surface area (Å²) in [6.07, 6.45) is -4.88. The molecule has 0 bridgehead atoms. The van der Waals surface area contributed by atoms with Gasteiger partial charge in [0.15, 0.2) is 5.60 Å². The smallest absolute Gasteiger partial charge is 0.376 e. The molecule has 1 unspecified atom stereocenters. The molecule has 0 amide bonds. The van der Waals surface area contributed by atoms with Crippen LogP contribution in [0.3, 0.4) is 0 Å². The van der Waals surface area contributed by atoms with Crippen molar-refractivity contribution in [2.75, 3.05) is 4.31 Å². The van der Waals surface area contributed by atoms with E-state index in [-0.39, 0.29) is 20.6 Å². The first kappa shape index (κ1) is 22.8. The molecule has 0 fully saturated rings. The van der Waals surface area contributed by atoms with Gasteiger partial charge in [0.05, 0.1) is 10.7 Å². The third-order valence-corrected chi connectivity index (χ3v) is 6.86. The Morgan fingerprint density at radius 3 is 2.00 bits per heavy atom. The highest BCUT2D eigenvalue weighted by Gasteiger charge is 2.51. The predicted octanol–water partition coefficient (Wildman–Crippen LogP) is 5.37. The van der Waals surface area contributed by atoms with Crippen molar-refractivity contribution in [3.05, 3.63) is 58.1 Å². The number of benzene rings is 2. The van der Waals surface area contributed by atoms with Gasteiger partial charge in [0.25, 0.3) is 10.0 Å². The van der Waals surface area contributed by atoms with Crippen molar-refractivity contribution in [2.24, 2.45) is 0 Å². The largest absolute Gasteiger partial charge is 0.421 e. The Hall–Kier alpha value is -1.48. The van der Waals surface area contributed by atoms with Crippen molar-refractivity contribution in [1.82, 2.24) is 0 Å². The van der Waals surface area contributed by atoms with Gasteiger partial charge in [-0.05, 0) is 56.7 Å². The number of hydrogen-bond acceptors (Lipinski definition) is 3. The fraction of sp³-hybridized carbons (Fsp3) is 0.333. The summed E-state index contributed by atoms with van der Waals surface area (Å²) in [6.45, 7) is 3.86. The van der Waals surface area contributed by atoms with Crippen LogP contribution in [0.25, 0.3) is 0 Å². The van der Waals surface area contributed by atoms with Crippen molar-refractivity contribution >= 4 is 38.9 Å². The average Bonchev–Trinajstić information content (AvgIpc) is 2.53. The highest BCUT2D eigenvalue weighted by molar-refractivity contribution is 7.93. The van der Waals surface area contributed by atoms with Gasteiger partial charge < -0.3 is 5.11 Å². The predicted molar refractivity (Wildman–Crippen MR) is 103 cm³/mol. The fourth-order valence-electron chi connectivity index (χ4n) is 2.60. The molecule has 2 rings (SSSR count). The van der Waals surface area contributed by atoms with Gasteiger partial charge in [-0.15, -0.1) is 0 Å². The standard InChI is InChI=1S/C18H18Cl2F3NO3S/c1-11(2)24(28(26,27)16-9-6-13(19)10-15(16)20)14-7-4-12(5-8-14)17(3,25)18(21,22)23/h4-11,25H,1-3H3. The lowest BCUT2D eigenvalue weighted by Crippen LogP contribution is -2.39. The molecule has 2 aromatic carbocycles. The molecule has 0 aromatic heterocycles. The Balaban J connectivity index is 2.53. The van der Waals surface area contributed by atoms with Crippen molar-refractivity contribution in [3.63, 3.8) is 0 Å². The number of sulfonamides is 1. The van der Waals surface area contributed by atoms with E-state index in [0.29, 0.717) is 6.92 Å². The maximum Gasteiger partial charge on any atom is 0.421 e. The van der Waals surface area contributed by atoms with Gasteiger partial charge >= 0.3 is 6.18 Å². The van der Waals surface area contributed by atoms with E-state index in [0.717, 1.165) is 16.4 Å². The van der Waals surface area contributed by atoms with Gasteiger partial charge in [0.2, 0.25) is 0 Å². The van der Waals surface area contributed by atoms with Crippen LogP contribution in [0.15, 0.2) is 47.4 Å². The minimum atomic E-state index is -4.88. The van der Waals surface area contributed by atoms with Crippen molar-refractivity contribution in [3.8, 4) is 0 Å². The average molecular weight is 456 g/mol. The van der Waals surface area contributed by atoms with Gasteiger partial charge in [-0.2, -0.15) is 13.2 Å². The summed E-state index contributed by atoms with van der Waals surface area (Å²) in [6, 6.07) is 7.85. The lowest BCUT2D eigenvalue weighted by atomic mass is 9.95. The second kappa shape index (κ2) is 7.74. The second-order valence-electron chi connectivity index (χ2n) is 6.59. The van der Waals surface area contributed by atoms with Crippen LogP contribution in [-0.4, -0.2) is 25.7 Å². The molecule has 1 N–H and O–H groups in total. The van der Waals surface area contributed by atoms with E-state index in [1.165, 1.54) is 30.3 Å². The molecular weight excluding hydrogens is 438 g/mol. The van der Waals surface area contributed by atoms with Crippen molar-refractivity contribution in [1.29, 1.82) is 0 Å². The number of halogens is 5. The Kier molecular flexibility index (Phi) is 6.31. The summed E-state index contributed by atoms with van der Waals surface area (Å²) in [4.78, 5) is -0.182. The Morgan fingerprint density at radius 2 is 1.57 bits per heavy atom. The van der Waals surface area contributed by atoms with E-state index in [1.807, 2.05) is 0 Å². The van der Waals surface area contributed by atoms with Crippen molar-refractivity contribution in [2.45, 2.75) is 43.5 Å². The summed E-state index contributed by atoms with van der Waals surface area (Å²) < 4.78 is 66.3. The monoisotopic (exact) mass is 455 g/mol. The first-order chi connectivity index (χ1) is 12.7. The van der Waals surface area contributed by atoms with Crippen LogP contribution >= 0.6 is 23.2 Å². The van der Waals surface area contributed by atoms with Crippen LogP contribution in [0.5, 0.6) is 0 Å². The molecule has 0 saturated carbocycles. The van der Waals surface area contributed by atoms with Gasteiger partial charge in [-0.1, -0.05) is 35.3 Å². The van der Waals surface area contributed by atoms with Crippen LogP contribution in [0.1, 0.15) is 26.3 Å².